The van der Waals surface area contributed by atoms with Gasteiger partial charge in [-0.15, -0.1) is 0 Å². The zero-order valence-electron chi connectivity index (χ0n) is 10.3. The summed E-state index contributed by atoms with van der Waals surface area (Å²) in [5.41, 5.74) is -0.311. The molecule has 1 fully saturated rings. The molecule has 1 aliphatic carbocycles. The first-order valence-corrected chi connectivity index (χ1v) is 5.30. The number of aliphatic hydroxyl groups excluding tert-OH is 1. The molecule has 5 heteroatoms. The van der Waals surface area contributed by atoms with Crippen molar-refractivity contribution < 1.29 is 19.4 Å². The lowest BCUT2D eigenvalue weighted by Crippen LogP contribution is -2.17. The molecule has 0 heterocycles. The topological polar surface area (TPSA) is 79.5 Å². The van der Waals surface area contributed by atoms with Gasteiger partial charge in [0.15, 0.2) is 6.79 Å². The Morgan fingerprint density at radius 2 is 2.24 bits per heavy atom. The van der Waals surface area contributed by atoms with Crippen molar-refractivity contribution in [1.29, 1.82) is 5.26 Å². The van der Waals surface area contributed by atoms with E-state index in [2.05, 4.69) is 11.3 Å². The molecule has 0 saturated heterocycles. The van der Waals surface area contributed by atoms with E-state index in [1.54, 1.807) is 6.07 Å². The summed E-state index contributed by atoms with van der Waals surface area (Å²) in [7, 11) is 1.43. The van der Waals surface area contributed by atoms with Crippen LogP contribution >= 0.6 is 0 Å². The van der Waals surface area contributed by atoms with Gasteiger partial charge >= 0.3 is 5.97 Å². The Kier molecular flexibility index (Phi) is 3.91. The molecule has 1 saturated carbocycles. The van der Waals surface area contributed by atoms with Gasteiger partial charge in [-0.2, -0.15) is 5.26 Å². The highest BCUT2D eigenvalue weighted by Crippen LogP contribution is 2.61. The summed E-state index contributed by atoms with van der Waals surface area (Å²) in [4.78, 5) is 11.7. The fourth-order valence-electron chi connectivity index (χ4n) is 2.21. The maximum absolute atomic E-state index is 11.7. The van der Waals surface area contributed by atoms with Crippen molar-refractivity contribution in [2.24, 2.45) is 17.3 Å². The van der Waals surface area contributed by atoms with Crippen molar-refractivity contribution in [2.75, 3.05) is 13.9 Å². The van der Waals surface area contributed by atoms with Crippen LogP contribution in [-0.4, -0.2) is 31.1 Å². The molecule has 17 heavy (non-hydrogen) atoms. The number of hydrogen-bond acceptors (Lipinski definition) is 5. The number of esters is 1. The quantitative estimate of drug-likeness (QED) is 0.437. The van der Waals surface area contributed by atoms with Gasteiger partial charge in [-0.3, -0.25) is 4.79 Å². The van der Waals surface area contributed by atoms with Gasteiger partial charge in [0, 0.05) is 13.0 Å². The minimum Gasteiger partial charge on any atom is -0.438 e. The molecular weight excluding hydrogens is 222 g/mol. The predicted molar refractivity (Wildman–Crippen MR) is 59.5 cm³/mol. The van der Waals surface area contributed by atoms with E-state index < -0.39 is 18.0 Å². The number of hydrogen-bond donors (Lipinski definition) is 1. The van der Waals surface area contributed by atoms with Crippen molar-refractivity contribution in [1.82, 2.24) is 0 Å². The van der Waals surface area contributed by atoms with Gasteiger partial charge in [0.05, 0.1) is 23.7 Å². The summed E-state index contributed by atoms with van der Waals surface area (Å²) in [5, 5.41) is 18.5. The van der Waals surface area contributed by atoms with Crippen LogP contribution in [-0.2, 0) is 14.3 Å². The summed E-state index contributed by atoms with van der Waals surface area (Å²) in [6.45, 7) is 7.07. The molecule has 0 aliphatic heterocycles. The third-order valence-corrected chi connectivity index (χ3v) is 3.32. The maximum atomic E-state index is 11.7. The number of ether oxygens (including phenoxy) is 2. The molecule has 1 rings (SSSR count). The monoisotopic (exact) mass is 239 g/mol. The Balaban J connectivity index is 2.68. The summed E-state index contributed by atoms with van der Waals surface area (Å²) < 4.78 is 9.51. The molecule has 0 spiro atoms. The van der Waals surface area contributed by atoms with E-state index in [0.717, 1.165) is 0 Å². The standard InChI is InChI=1S/C12H17NO4/c1-7(5-13)10(14)8-9(12(8,2)3)11(15)17-6-16-4/h8-10,14H,1,6H2,2-4H3. The number of carbonyl (C=O) groups excluding carboxylic acids is 1. The van der Waals surface area contributed by atoms with Gasteiger partial charge in [0.25, 0.3) is 0 Å². The van der Waals surface area contributed by atoms with E-state index in [-0.39, 0.29) is 23.7 Å². The summed E-state index contributed by atoms with van der Waals surface area (Å²) in [6.07, 6.45) is -0.991. The van der Waals surface area contributed by atoms with Crippen LogP contribution in [0.5, 0.6) is 0 Å². The van der Waals surface area contributed by atoms with E-state index in [0.29, 0.717) is 0 Å². The third kappa shape index (κ3) is 2.48. The summed E-state index contributed by atoms with van der Waals surface area (Å²) >= 11 is 0. The van der Waals surface area contributed by atoms with Crippen molar-refractivity contribution in [3.63, 3.8) is 0 Å². The highest BCUT2D eigenvalue weighted by Gasteiger charge is 2.65. The van der Waals surface area contributed by atoms with Crippen molar-refractivity contribution in [3.8, 4) is 6.07 Å². The minimum absolute atomic E-state index is 0.0742. The van der Waals surface area contributed by atoms with Gasteiger partial charge in [-0.1, -0.05) is 20.4 Å². The first kappa shape index (κ1) is 13.7. The van der Waals surface area contributed by atoms with Crippen LogP contribution in [0.2, 0.25) is 0 Å². The van der Waals surface area contributed by atoms with E-state index in [9.17, 15) is 9.90 Å². The zero-order valence-corrected chi connectivity index (χ0v) is 10.3. The lowest BCUT2D eigenvalue weighted by atomic mass is 10.0. The van der Waals surface area contributed by atoms with Crippen molar-refractivity contribution >= 4 is 5.97 Å². The number of carbonyl (C=O) groups is 1. The summed E-state index contributed by atoms with van der Waals surface area (Å²) in [5.74, 6) is -1.15. The average molecular weight is 239 g/mol. The SMILES string of the molecule is C=C(C#N)C(O)C1C(C(=O)OCOC)C1(C)C. The normalized spacial score (nSPS) is 26.8. The molecule has 0 aromatic heterocycles. The fourth-order valence-corrected chi connectivity index (χ4v) is 2.21. The molecule has 5 nitrogen and oxygen atoms in total. The first-order valence-electron chi connectivity index (χ1n) is 5.30. The molecule has 1 aliphatic rings. The highest BCUT2D eigenvalue weighted by molar-refractivity contribution is 5.78. The number of nitriles is 1. The van der Waals surface area contributed by atoms with E-state index in [1.807, 2.05) is 13.8 Å². The second kappa shape index (κ2) is 4.86. The van der Waals surface area contributed by atoms with Crippen molar-refractivity contribution in [3.05, 3.63) is 12.2 Å². The van der Waals surface area contributed by atoms with Gasteiger partial charge in [-0.25, -0.2) is 0 Å². The van der Waals surface area contributed by atoms with Crippen LogP contribution in [0.1, 0.15) is 13.8 Å². The Morgan fingerprint density at radius 3 is 2.71 bits per heavy atom. The van der Waals surface area contributed by atoms with Crippen LogP contribution in [0.4, 0.5) is 0 Å². The Labute approximate surface area is 101 Å². The zero-order chi connectivity index (χ0) is 13.2. The number of methoxy groups -OCH3 is 1. The minimum atomic E-state index is -0.991. The lowest BCUT2D eigenvalue weighted by Gasteiger charge is -2.08. The predicted octanol–water partition coefficient (Wildman–Crippen LogP) is 0.846. The molecule has 3 atom stereocenters. The van der Waals surface area contributed by atoms with E-state index in [4.69, 9.17) is 10.00 Å². The number of nitrogens with zero attached hydrogens (tertiary/aromatic N) is 1. The van der Waals surface area contributed by atoms with Gasteiger partial charge in [-0.05, 0) is 5.41 Å². The molecule has 0 aromatic rings. The molecule has 0 radical (unpaired) electrons. The van der Waals surface area contributed by atoms with Crippen LogP contribution < -0.4 is 0 Å². The van der Waals surface area contributed by atoms with Gasteiger partial charge in [0.2, 0.25) is 0 Å². The smallest absolute Gasteiger partial charge is 0.312 e. The third-order valence-electron chi connectivity index (χ3n) is 3.32. The van der Waals surface area contributed by atoms with Gasteiger partial charge < -0.3 is 14.6 Å². The van der Waals surface area contributed by atoms with Crippen LogP contribution in [0, 0.1) is 28.6 Å². The second-order valence-electron chi connectivity index (χ2n) is 4.78. The molecule has 0 aromatic carbocycles. The van der Waals surface area contributed by atoms with Crippen LogP contribution in [0.3, 0.4) is 0 Å². The Morgan fingerprint density at radius 1 is 1.65 bits per heavy atom. The number of aliphatic hydroxyl groups is 1. The summed E-state index contributed by atoms with van der Waals surface area (Å²) in [6, 6.07) is 1.81. The van der Waals surface area contributed by atoms with E-state index in [1.165, 1.54) is 7.11 Å². The number of rotatable bonds is 5. The molecule has 3 unspecified atom stereocenters. The van der Waals surface area contributed by atoms with E-state index >= 15 is 0 Å². The molecule has 1 N–H and O–H groups in total. The largest absolute Gasteiger partial charge is 0.438 e. The molecular formula is C12H17NO4. The lowest BCUT2D eigenvalue weighted by molar-refractivity contribution is -0.157. The fraction of sp³-hybridized carbons (Fsp3) is 0.667. The first-order chi connectivity index (χ1) is 7.87. The molecule has 0 amide bonds. The molecule has 94 valence electrons. The Bertz CT molecular complexity index is 369. The van der Waals surface area contributed by atoms with Crippen molar-refractivity contribution in [2.45, 2.75) is 20.0 Å². The van der Waals surface area contributed by atoms with Gasteiger partial charge in [0.1, 0.15) is 0 Å². The Hall–Kier alpha value is -1.38. The molecule has 0 bridgehead atoms. The highest BCUT2D eigenvalue weighted by atomic mass is 16.7. The van der Waals surface area contributed by atoms with Crippen LogP contribution in [0.15, 0.2) is 12.2 Å². The maximum Gasteiger partial charge on any atom is 0.312 e. The average Bonchev–Trinajstić information content (AvgIpc) is 2.87. The van der Waals surface area contributed by atoms with Crippen LogP contribution in [0.25, 0.3) is 0 Å². The second-order valence-corrected chi connectivity index (χ2v) is 4.78.